The van der Waals surface area contributed by atoms with Gasteiger partial charge >= 0.3 is 0 Å². The second-order valence-corrected chi connectivity index (χ2v) is 3.92. The number of nitrogens with one attached hydrogen (secondary N) is 2. The minimum atomic E-state index is 0.512. The minimum Gasteiger partial charge on any atom is -0.497 e. The summed E-state index contributed by atoms with van der Waals surface area (Å²) < 4.78 is 5.11. The Balaban J connectivity index is 2.21. The van der Waals surface area contributed by atoms with Crippen molar-refractivity contribution in [2.45, 2.75) is 13.3 Å². The first-order chi connectivity index (χ1) is 9.25. The van der Waals surface area contributed by atoms with Crippen molar-refractivity contribution in [3.05, 3.63) is 36.0 Å². The predicted molar refractivity (Wildman–Crippen MR) is 75.5 cm³/mol. The molecule has 0 saturated heterocycles. The van der Waals surface area contributed by atoms with Gasteiger partial charge in [-0.15, -0.1) is 0 Å². The number of aromatic nitrogens is 2. The van der Waals surface area contributed by atoms with Gasteiger partial charge in [0.25, 0.3) is 0 Å². The van der Waals surface area contributed by atoms with Crippen LogP contribution in [0.15, 0.2) is 30.3 Å². The number of methoxy groups -OCH3 is 1. The van der Waals surface area contributed by atoms with E-state index in [1.54, 1.807) is 7.11 Å². The van der Waals surface area contributed by atoms with Crippen LogP contribution >= 0.6 is 0 Å². The molecular formula is C13H17N5O. The Hall–Kier alpha value is -2.34. The van der Waals surface area contributed by atoms with Crippen LogP contribution < -0.4 is 21.3 Å². The summed E-state index contributed by atoms with van der Waals surface area (Å²) in [7, 11) is 1.63. The van der Waals surface area contributed by atoms with E-state index < -0.39 is 0 Å². The van der Waals surface area contributed by atoms with Crippen molar-refractivity contribution in [1.29, 1.82) is 0 Å². The molecule has 0 spiro atoms. The van der Waals surface area contributed by atoms with Gasteiger partial charge in [-0.25, -0.2) is 10.8 Å². The fourth-order valence-electron chi connectivity index (χ4n) is 1.61. The van der Waals surface area contributed by atoms with E-state index in [9.17, 15) is 0 Å². The first-order valence-corrected chi connectivity index (χ1v) is 6.00. The molecule has 19 heavy (non-hydrogen) atoms. The molecule has 2 rings (SSSR count). The highest BCUT2D eigenvalue weighted by Crippen LogP contribution is 2.19. The monoisotopic (exact) mass is 259 g/mol. The zero-order valence-corrected chi connectivity index (χ0v) is 11.0. The standard InChI is InChI=1S/C13H17N5O/c1-3-9-8-12(18-14)17-13(15-9)16-10-4-6-11(19-2)7-5-10/h4-8H,3,14H2,1-2H3,(H2,15,16,17,18). The van der Waals surface area contributed by atoms with Crippen LogP contribution in [0.2, 0.25) is 0 Å². The van der Waals surface area contributed by atoms with Gasteiger partial charge in [0, 0.05) is 17.4 Å². The minimum absolute atomic E-state index is 0.512. The Kier molecular flexibility index (Phi) is 4.15. The average molecular weight is 259 g/mol. The van der Waals surface area contributed by atoms with Gasteiger partial charge in [-0.05, 0) is 30.7 Å². The van der Waals surface area contributed by atoms with E-state index in [1.807, 2.05) is 37.3 Å². The Labute approximate surface area is 112 Å². The molecule has 0 amide bonds. The maximum Gasteiger partial charge on any atom is 0.229 e. The first kappa shape index (κ1) is 13.1. The summed E-state index contributed by atoms with van der Waals surface area (Å²) in [4.78, 5) is 8.64. The van der Waals surface area contributed by atoms with Gasteiger partial charge in [0.15, 0.2) is 0 Å². The summed E-state index contributed by atoms with van der Waals surface area (Å²) >= 11 is 0. The fourth-order valence-corrected chi connectivity index (χ4v) is 1.61. The van der Waals surface area contributed by atoms with Crippen molar-refractivity contribution in [1.82, 2.24) is 9.97 Å². The topological polar surface area (TPSA) is 85.1 Å². The van der Waals surface area contributed by atoms with Crippen molar-refractivity contribution < 1.29 is 4.74 Å². The van der Waals surface area contributed by atoms with Crippen molar-refractivity contribution >= 4 is 17.5 Å². The summed E-state index contributed by atoms with van der Waals surface area (Å²) in [5.74, 6) is 7.29. The number of ether oxygens (including phenoxy) is 1. The molecule has 0 saturated carbocycles. The quantitative estimate of drug-likeness (QED) is 0.563. The molecule has 100 valence electrons. The number of nitrogens with zero attached hydrogens (tertiary/aromatic N) is 2. The van der Waals surface area contributed by atoms with Crippen molar-refractivity contribution in [3.63, 3.8) is 0 Å². The van der Waals surface area contributed by atoms with E-state index in [0.717, 1.165) is 23.6 Å². The van der Waals surface area contributed by atoms with E-state index in [2.05, 4.69) is 20.7 Å². The Morgan fingerprint density at radius 1 is 1.21 bits per heavy atom. The Bertz CT molecular complexity index is 519. The van der Waals surface area contributed by atoms with Gasteiger partial charge in [0.1, 0.15) is 11.6 Å². The summed E-state index contributed by atoms with van der Waals surface area (Å²) in [6, 6.07) is 9.36. The molecule has 2 aromatic rings. The number of hydrogen-bond donors (Lipinski definition) is 3. The number of nitrogens with two attached hydrogens (primary N) is 1. The van der Waals surface area contributed by atoms with Crippen LogP contribution in [-0.4, -0.2) is 17.1 Å². The normalized spacial score (nSPS) is 10.1. The number of benzene rings is 1. The number of aryl methyl sites for hydroxylation is 1. The van der Waals surface area contributed by atoms with E-state index in [-0.39, 0.29) is 0 Å². The van der Waals surface area contributed by atoms with Crippen LogP contribution in [0.4, 0.5) is 17.5 Å². The number of nitrogen functional groups attached to an aromatic ring is 1. The van der Waals surface area contributed by atoms with Gasteiger partial charge in [0.05, 0.1) is 7.11 Å². The molecule has 1 aromatic carbocycles. The lowest BCUT2D eigenvalue weighted by atomic mass is 10.3. The van der Waals surface area contributed by atoms with Crippen molar-refractivity contribution in [2.24, 2.45) is 5.84 Å². The van der Waals surface area contributed by atoms with Crippen LogP contribution in [0.25, 0.3) is 0 Å². The number of hydrazine groups is 1. The molecule has 0 atom stereocenters. The lowest BCUT2D eigenvalue weighted by Crippen LogP contribution is -2.11. The molecule has 0 fully saturated rings. The maximum absolute atomic E-state index is 5.39. The third-order valence-electron chi connectivity index (χ3n) is 2.64. The molecule has 0 radical (unpaired) electrons. The molecule has 0 aliphatic heterocycles. The summed E-state index contributed by atoms with van der Waals surface area (Å²) in [5.41, 5.74) is 4.34. The lowest BCUT2D eigenvalue weighted by molar-refractivity contribution is 0.415. The third-order valence-corrected chi connectivity index (χ3v) is 2.64. The second kappa shape index (κ2) is 6.01. The van der Waals surface area contributed by atoms with Gasteiger partial charge in [-0.3, -0.25) is 0 Å². The smallest absolute Gasteiger partial charge is 0.229 e. The Morgan fingerprint density at radius 3 is 2.53 bits per heavy atom. The van der Waals surface area contributed by atoms with Gasteiger partial charge < -0.3 is 15.5 Å². The molecule has 1 heterocycles. The summed E-state index contributed by atoms with van der Waals surface area (Å²) in [6.07, 6.45) is 0.814. The molecule has 4 N–H and O–H groups in total. The molecule has 6 nitrogen and oxygen atoms in total. The van der Waals surface area contributed by atoms with Crippen LogP contribution in [0, 0.1) is 0 Å². The number of rotatable bonds is 5. The summed E-state index contributed by atoms with van der Waals surface area (Å²) in [6.45, 7) is 2.03. The average Bonchev–Trinajstić information content (AvgIpc) is 2.47. The van der Waals surface area contributed by atoms with E-state index in [0.29, 0.717) is 11.8 Å². The molecule has 6 heteroatoms. The molecule has 1 aromatic heterocycles. The van der Waals surface area contributed by atoms with Gasteiger partial charge in [0.2, 0.25) is 5.95 Å². The highest BCUT2D eigenvalue weighted by Gasteiger charge is 2.03. The molecule has 0 aliphatic carbocycles. The van der Waals surface area contributed by atoms with Gasteiger partial charge in [-0.1, -0.05) is 6.92 Å². The predicted octanol–water partition coefficient (Wildman–Crippen LogP) is 2.08. The largest absolute Gasteiger partial charge is 0.497 e. The van der Waals surface area contributed by atoms with Crippen LogP contribution in [-0.2, 0) is 6.42 Å². The van der Waals surface area contributed by atoms with Crippen LogP contribution in [0.1, 0.15) is 12.6 Å². The van der Waals surface area contributed by atoms with Crippen molar-refractivity contribution in [3.8, 4) is 5.75 Å². The third kappa shape index (κ3) is 3.32. The fraction of sp³-hybridized carbons (Fsp3) is 0.231. The van der Waals surface area contributed by atoms with Gasteiger partial charge in [-0.2, -0.15) is 4.98 Å². The first-order valence-electron chi connectivity index (χ1n) is 6.00. The number of hydrogen-bond acceptors (Lipinski definition) is 6. The summed E-state index contributed by atoms with van der Waals surface area (Å²) in [5, 5.41) is 3.13. The zero-order chi connectivity index (χ0) is 13.7. The highest BCUT2D eigenvalue weighted by molar-refractivity contribution is 5.56. The molecule has 0 aliphatic rings. The Morgan fingerprint density at radius 2 is 1.95 bits per heavy atom. The molecule has 0 bridgehead atoms. The highest BCUT2D eigenvalue weighted by atomic mass is 16.5. The van der Waals surface area contributed by atoms with Crippen molar-refractivity contribution in [2.75, 3.05) is 17.9 Å². The lowest BCUT2D eigenvalue weighted by Gasteiger charge is -2.09. The van der Waals surface area contributed by atoms with Crippen LogP contribution in [0.5, 0.6) is 5.75 Å². The second-order valence-electron chi connectivity index (χ2n) is 3.92. The van der Waals surface area contributed by atoms with Crippen LogP contribution in [0.3, 0.4) is 0 Å². The zero-order valence-electron chi connectivity index (χ0n) is 11.0. The van der Waals surface area contributed by atoms with E-state index in [4.69, 9.17) is 10.6 Å². The SMILES string of the molecule is CCc1cc(NN)nc(Nc2ccc(OC)cc2)n1. The van der Waals surface area contributed by atoms with E-state index in [1.165, 1.54) is 0 Å². The van der Waals surface area contributed by atoms with E-state index >= 15 is 0 Å². The number of anilines is 3. The maximum atomic E-state index is 5.39. The molecule has 0 unspecified atom stereocenters. The molecular weight excluding hydrogens is 242 g/mol.